The maximum Gasteiger partial charge on any atom is 0.305 e. The normalized spacial score (nSPS) is 13.8. The summed E-state index contributed by atoms with van der Waals surface area (Å²) in [4.78, 5) is 38.3. The first-order valence-corrected chi connectivity index (χ1v) is 14.2. The van der Waals surface area contributed by atoms with E-state index < -0.39 is 5.97 Å². The van der Waals surface area contributed by atoms with Gasteiger partial charge in [-0.05, 0) is 55.6 Å². The summed E-state index contributed by atoms with van der Waals surface area (Å²) in [6, 6.07) is 20.8. The van der Waals surface area contributed by atoms with Crippen LogP contribution in [0.1, 0.15) is 66.2 Å². The Labute approximate surface area is 231 Å². The molecule has 0 spiro atoms. The molecule has 0 saturated carbocycles. The van der Waals surface area contributed by atoms with Crippen molar-refractivity contribution in [3.05, 3.63) is 89.2 Å². The van der Waals surface area contributed by atoms with Crippen LogP contribution in [0, 0.1) is 5.92 Å². The van der Waals surface area contributed by atoms with Gasteiger partial charge in [-0.15, -0.1) is 0 Å². The van der Waals surface area contributed by atoms with Gasteiger partial charge in [0.1, 0.15) is 0 Å². The van der Waals surface area contributed by atoms with Crippen molar-refractivity contribution >= 4 is 17.8 Å². The number of carbonyl (C=O) groups is 2. The van der Waals surface area contributed by atoms with E-state index >= 15 is 0 Å². The Bertz CT molecular complexity index is 1190. The van der Waals surface area contributed by atoms with Crippen molar-refractivity contribution in [2.75, 3.05) is 31.1 Å². The number of nitrogens with zero attached hydrogens (tertiary/aromatic N) is 4. The Hall–Kier alpha value is -3.74. The third-order valence-electron chi connectivity index (χ3n) is 7.46. The van der Waals surface area contributed by atoms with Gasteiger partial charge >= 0.3 is 5.97 Å². The highest BCUT2D eigenvalue weighted by Gasteiger charge is 2.25. The molecule has 39 heavy (non-hydrogen) atoms. The van der Waals surface area contributed by atoms with Crippen LogP contribution >= 0.6 is 0 Å². The molecule has 3 aromatic rings. The highest BCUT2D eigenvalue weighted by Crippen LogP contribution is 2.25. The average Bonchev–Trinajstić information content (AvgIpc) is 2.96. The predicted octanol–water partition coefficient (Wildman–Crippen LogP) is 5.44. The van der Waals surface area contributed by atoms with Crippen LogP contribution in [-0.4, -0.2) is 58.0 Å². The van der Waals surface area contributed by atoms with E-state index in [9.17, 15) is 14.7 Å². The molecule has 1 N–H and O–H groups in total. The molecular weight excluding hydrogens is 488 g/mol. The van der Waals surface area contributed by atoms with Gasteiger partial charge in [0.2, 0.25) is 5.95 Å². The van der Waals surface area contributed by atoms with E-state index in [1.54, 1.807) is 11.1 Å². The predicted molar refractivity (Wildman–Crippen MR) is 154 cm³/mol. The van der Waals surface area contributed by atoms with E-state index in [1.165, 1.54) is 11.1 Å². The van der Waals surface area contributed by atoms with Gasteiger partial charge in [0, 0.05) is 32.4 Å². The molecule has 1 fully saturated rings. The van der Waals surface area contributed by atoms with Crippen molar-refractivity contribution in [3.63, 3.8) is 0 Å². The van der Waals surface area contributed by atoms with E-state index in [0.717, 1.165) is 57.3 Å². The van der Waals surface area contributed by atoms with Crippen molar-refractivity contribution in [2.45, 2.75) is 58.3 Å². The van der Waals surface area contributed by atoms with Crippen molar-refractivity contribution in [1.29, 1.82) is 0 Å². The fraction of sp³-hybridized carbons (Fsp3) is 0.438. The second-order valence-electron chi connectivity index (χ2n) is 10.4. The zero-order valence-electron chi connectivity index (χ0n) is 23.0. The summed E-state index contributed by atoms with van der Waals surface area (Å²) >= 11 is 0. The molecule has 0 atom stereocenters. The minimum Gasteiger partial charge on any atom is -0.481 e. The van der Waals surface area contributed by atoms with Crippen LogP contribution in [0.2, 0.25) is 0 Å². The van der Waals surface area contributed by atoms with E-state index in [0.29, 0.717) is 30.4 Å². The number of aliphatic carboxylic acids is 1. The summed E-state index contributed by atoms with van der Waals surface area (Å²) in [6.07, 6.45) is 7.98. The Morgan fingerprint density at radius 3 is 2.26 bits per heavy atom. The Morgan fingerprint density at radius 1 is 0.949 bits per heavy atom. The van der Waals surface area contributed by atoms with Crippen LogP contribution in [0.3, 0.4) is 0 Å². The number of aryl methyl sites for hydroxylation is 2. The van der Waals surface area contributed by atoms with Gasteiger partial charge in [-0.1, -0.05) is 74.0 Å². The standard InChI is InChI=1S/C32H40N4O3/c1-2-10-29-28(31(39)35(22-18-30(37)38)19-9-15-25-11-5-3-6-12-25)24-33-32(34-29)36-20-16-27(17-21-36)23-26-13-7-4-8-14-26/h3-8,11-14,24,27H,2,9-10,15-23H2,1H3,(H,37,38). The number of carbonyl (C=O) groups excluding carboxylic acids is 1. The van der Waals surface area contributed by atoms with Crippen molar-refractivity contribution in [3.8, 4) is 0 Å². The Morgan fingerprint density at radius 2 is 1.62 bits per heavy atom. The summed E-state index contributed by atoms with van der Waals surface area (Å²) in [7, 11) is 0. The van der Waals surface area contributed by atoms with E-state index in [4.69, 9.17) is 4.98 Å². The fourth-order valence-electron chi connectivity index (χ4n) is 5.28. The number of aromatic nitrogens is 2. The van der Waals surface area contributed by atoms with Crippen LogP contribution in [0.5, 0.6) is 0 Å². The molecule has 1 saturated heterocycles. The van der Waals surface area contributed by atoms with Gasteiger partial charge in [0.05, 0.1) is 17.7 Å². The first-order valence-electron chi connectivity index (χ1n) is 14.2. The number of benzene rings is 2. The zero-order chi connectivity index (χ0) is 27.5. The van der Waals surface area contributed by atoms with Crippen molar-refractivity contribution < 1.29 is 14.7 Å². The summed E-state index contributed by atoms with van der Waals surface area (Å²) in [5.74, 6) is 0.250. The van der Waals surface area contributed by atoms with E-state index in [1.807, 2.05) is 18.2 Å². The lowest BCUT2D eigenvalue weighted by Crippen LogP contribution is -2.37. The molecule has 1 amide bonds. The van der Waals surface area contributed by atoms with E-state index in [2.05, 4.69) is 59.3 Å². The number of carboxylic acid groups (broad SMARTS) is 1. The van der Waals surface area contributed by atoms with E-state index in [-0.39, 0.29) is 18.9 Å². The van der Waals surface area contributed by atoms with Crippen molar-refractivity contribution in [2.24, 2.45) is 5.92 Å². The van der Waals surface area contributed by atoms with Crippen LogP contribution in [0.25, 0.3) is 0 Å². The SMILES string of the molecule is CCCc1nc(N2CCC(Cc3ccccc3)CC2)ncc1C(=O)N(CCCc1ccccc1)CCC(=O)O. The molecule has 1 aliphatic heterocycles. The van der Waals surface area contributed by atoms with Gasteiger partial charge in [-0.2, -0.15) is 0 Å². The van der Waals surface area contributed by atoms with Crippen LogP contribution in [-0.2, 0) is 24.1 Å². The monoisotopic (exact) mass is 528 g/mol. The number of carboxylic acids is 1. The number of hydrogen-bond acceptors (Lipinski definition) is 5. The molecule has 0 bridgehead atoms. The van der Waals surface area contributed by atoms with Crippen LogP contribution in [0.4, 0.5) is 5.95 Å². The molecule has 4 rings (SSSR count). The maximum absolute atomic E-state index is 13.6. The number of piperidine rings is 1. The Kier molecular flexibility index (Phi) is 10.5. The molecule has 2 aromatic carbocycles. The Balaban J connectivity index is 1.42. The molecule has 7 nitrogen and oxygen atoms in total. The zero-order valence-corrected chi connectivity index (χ0v) is 23.0. The van der Waals surface area contributed by atoms with Gasteiger partial charge in [0.25, 0.3) is 5.91 Å². The average molecular weight is 529 g/mol. The lowest BCUT2D eigenvalue weighted by atomic mass is 9.90. The smallest absolute Gasteiger partial charge is 0.305 e. The molecule has 1 aliphatic rings. The summed E-state index contributed by atoms with van der Waals surface area (Å²) < 4.78 is 0. The van der Waals surface area contributed by atoms with Gasteiger partial charge in [0.15, 0.2) is 0 Å². The van der Waals surface area contributed by atoms with Crippen LogP contribution < -0.4 is 4.90 Å². The minimum absolute atomic E-state index is 0.0863. The van der Waals surface area contributed by atoms with Gasteiger partial charge < -0.3 is 14.9 Å². The number of rotatable bonds is 13. The van der Waals surface area contributed by atoms with Crippen LogP contribution in [0.15, 0.2) is 66.9 Å². The van der Waals surface area contributed by atoms with Crippen molar-refractivity contribution in [1.82, 2.24) is 14.9 Å². The lowest BCUT2D eigenvalue weighted by Gasteiger charge is -2.32. The number of hydrogen-bond donors (Lipinski definition) is 1. The molecule has 0 unspecified atom stereocenters. The molecule has 7 heteroatoms. The summed E-state index contributed by atoms with van der Waals surface area (Å²) in [5, 5.41) is 9.27. The molecule has 0 aliphatic carbocycles. The molecule has 206 valence electrons. The number of anilines is 1. The highest BCUT2D eigenvalue weighted by atomic mass is 16.4. The first-order chi connectivity index (χ1) is 19.0. The highest BCUT2D eigenvalue weighted by molar-refractivity contribution is 5.95. The third kappa shape index (κ3) is 8.37. The second kappa shape index (κ2) is 14.4. The minimum atomic E-state index is -0.910. The second-order valence-corrected chi connectivity index (χ2v) is 10.4. The quantitative estimate of drug-likeness (QED) is 0.318. The molecule has 0 radical (unpaired) electrons. The molecular formula is C32H40N4O3. The first kappa shape index (κ1) is 28.3. The van der Waals surface area contributed by atoms with Gasteiger partial charge in [-0.3, -0.25) is 9.59 Å². The maximum atomic E-state index is 13.6. The molecule has 2 heterocycles. The third-order valence-corrected chi connectivity index (χ3v) is 7.46. The topological polar surface area (TPSA) is 86.6 Å². The fourth-order valence-corrected chi connectivity index (χ4v) is 5.28. The lowest BCUT2D eigenvalue weighted by molar-refractivity contribution is -0.137. The summed E-state index contributed by atoms with van der Waals surface area (Å²) in [5.41, 5.74) is 3.83. The van der Waals surface area contributed by atoms with Gasteiger partial charge in [-0.25, -0.2) is 9.97 Å². The largest absolute Gasteiger partial charge is 0.481 e. The number of amides is 1. The summed E-state index contributed by atoms with van der Waals surface area (Å²) in [6.45, 7) is 4.54. The molecule has 1 aromatic heterocycles.